The molecule has 2 heterocycles. The van der Waals surface area contributed by atoms with Gasteiger partial charge < -0.3 is 9.80 Å². The van der Waals surface area contributed by atoms with E-state index >= 15 is 0 Å². The highest BCUT2D eigenvalue weighted by atomic mass is 32.2. The monoisotopic (exact) mass is 407 g/mol. The van der Waals surface area contributed by atoms with E-state index in [0.717, 1.165) is 23.5 Å². The molecule has 1 aromatic carbocycles. The fourth-order valence-corrected chi connectivity index (χ4v) is 5.87. The second-order valence-electron chi connectivity index (χ2n) is 7.11. The third-order valence-electron chi connectivity index (χ3n) is 4.65. The number of carbonyl (C=O) groups excluding carboxylic acids is 1. The number of rotatable bonds is 7. The summed E-state index contributed by atoms with van der Waals surface area (Å²) in [6.07, 6.45) is 2.93. The summed E-state index contributed by atoms with van der Waals surface area (Å²) < 4.78 is 23.8. The van der Waals surface area contributed by atoms with Crippen LogP contribution in [0.3, 0.4) is 0 Å². The number of amides is 1. The zero-order valence-electron chi connectivity index (χ0n) is 15.7. The Hall–Kier alpha value is -1.77. The van der Waals surface area contributed by atoms with Crippen molar-refractivity contribution in [3.05, 3.63) is 41.4 Å². The van der Waals surface area contributed by atoms with Gasteiger partial charge in [0.2, 0.25) is 0 Å². The molecule has 1 aromatic heterocycles. The molecule has 0 bridgehead atoms. The standard InChI is InChI=1S/C19H25N3O3S2/c1-21(2)10-6-11-22(16-9-12-27(24,25)14-16)19(23)17-13-20-18(26-17)15-7-4-3-5-8-15/h3-5,7-8,13,16H,6,9-12,14H2,1-2H3. The highest BCUT2D eigenvalue weighted by molar-refractivity contribution is 7.91. The first-order chi connectivity index (χ1) is 12.9. The van der Waals surface area contributed by atoms with E-state index < -0.39 is 9.84 Å². The fourth-order valence-electron chi connectivity index (χ4n) is 3.26. The average molecular weight is 408 g/mol. The van der Waals surface area contributed by atoms with Gasteiger partial charge in [-0.2, -0.15) is 0 Å². The number of nitrogens with zero attached hydrogens (tertiary/aromatic N) is 3. The number of thiazole rings is 1. The Morgan fingerprint density at radius 2 is 1.96 bits per heavy atom. The van der Waals surface area contributed by atoms with Crippen molar-refractivity contribution >= 4 is 27.1 Å². The maximum Gasteiger partial charge on any atom is 0.265 e. The molecule has 0 spiro atoms. The Labute approximate surface area is 164 Å². The van der Waals surface area contributed by atoms with E-state index in [1.54, 1.807) is 11.1 Å². The lowest BCUT2D eigenvalue weighted by Crippen LogP contribution is -2.42. The number of hydrogen-bond acceptors (Lipinski definition) is 6. The molecule has 1 aliphatic rings. The highest BCUT2D eigenvalue weighted by Gasteiger charge is 2.35. The number of benzene rings is 1. The molecule has 0 radical (unpaired) electrons. The Morgan fingerprint density at radius 3 is 2.59 bits per heavy atom. The lowest BCUT2D eigenvalue weighted by molar-refractivity contribution is 0.0695. The van der Waals surface area contributed by atoms with Crippen LogP contribution in [-0.2, 0) is 9.84 Å². The van der Waals surface area contributed by atoms with Crippen molar-refractivity contribution in [1.29, 1.82) is 0 Å². The van der Waals surface area contributed by atoms with Crippen molar-refractivity contribution in [2.75, 3.05) is 38.7 Å². The molecule has 146 valence electrons. The van der Waals surface area contributed by atoms with Crippen molar-refractivity contribution in [3.8, 4) is 10.6 Å². The zero-order chi connectivity index (χ0) is 19.4. The molecule has 0 N–H and O–H groups in total. The largest absolute Gasteiger partial charge is 0.334 e. The van der Waals surface area contributed by atoms with E-state index in [1.165, 1.54) is 11.3 Å². The minimum absolute atomic E-state index is 0.0606. The maximum absolute atomic E-state index is 13.2. The first kappa shape index (κ1) is 20.0. The predicted octanol–water partition coefficient (Wildman–Crippen LogP) is 2.39. The second kappa shape index (κ2) is 8.50. The summed E-state index contributed by atoms with van der Waals surface area (Å²) in [4.78, 5) is 21.9. The van der Waals surface area contributed by atoms with Gasteiger partial charge >= 0.3 is 0 Å². The van der Waals surface area contributed by atoms with Crippen molar-refractivity contribution in [2.24, 2.45) is 0 Å². The van der Waals surface area contributed by atoms with E-state index in [1.807, 2.05) is 44.4 Å². The van der Waals surface area contributed by atoms with Crippen LogP contribution >= 0.6 is 11.3 Å². The molecular weight excluding hydrogens is 382 g/mol. The molecule has 1 saturated heterocycles. The van der Waals surface area contributed by atoms with Gasteiger partial charge in [-0.1, -0.05) is 30.3 Å². The van der Waals surface area contributed by atoms with Crippen LogP contribution in [0.2, 0.25) is 0 Å². The van der Waals surface area contributed by atoms with Crippen LogP contribution in [0, 0.1) is 0 Å². The van der Waals surface area contributed by atoms with E-state index in [2.05, 4.69) is 9.88 Å². The molecule has 1 fully saturated rings. The lowest BCUT2D eigenvalue weighted by Gasteiger charge is -2.28. The minimum atomic E-state index is -3.05. The van der Waals surface area contributed by atoms with E-state index in [-0.39, 0.29) is 23.5 Å². The van der Waals surface area contributed by atoms with Crippen molar-refractivity contribution in [3.63, 3.8) is 0 Å². The number of hydrogen-bond donors (Lipinski definition) is 0. The van der Waals surface area contributed by atoms with Gasteiger partial charge in [-0.15, -0.1) is 11.3 Å². The second-order valence-corrected chi connectivity index (χ2v) is 10.4. The first-order valence-corrected chi connectivity index (χ1v) is 11.7. The Kier molecular flexibility index (Phi) is 6.29. The number of aromatic nitrogens is 1. The summed E-state index contributed by atoms with van der Waals surface area (Å²) in [6, 6.07) is 9.50. The van der Waals surface area contributed by atoms with Crippen molar-refractivity contribution in [1.82, 2.24) is 14.8 Å². The molecule has 2 aromatic rings. The van der Waals surface area contributed by atoms with Crippen LogP contribution < -0.4 is 0 Å². The summed E-state index contributed by atoms with van der Waals surface area (Å²) in [7, 11) is 0.923. The highest BCUT2D eigenvalue weighted by Crippen LogP contribution is 2.27. The Morgan fingerprint density at radius 1 is 1.22 bits per heavy atom. The third-order valence-corrected chi connectivity index (χ3v) is 7.44. The SMILES string of the molecule is CN(C)CCCN(C(=O)c1cnc(-c2ccccc2)s1)C1CCS(=O)(=O)C1. The molecule has 1 amide bonds. The third kappa shape index (κ3) is 5.15. The summed E-state index contributed by atoms with van der Waals surface area (Å²) in [5, 5.41) is 0.797. The van der Waals surface area contributed by atoms with Crippen LogP contribution in [0.15, 0.2) is 36.5 Å². The Balaban J connectivity index is 1.79. The summed E-state index contributed by atoms with van der Waals surface area (Å²) in [5.41, 5.74) is 0.976. The van der Waals surface area contributed by atoms with Crippen molar-refractivity contribution < 1.29 is 13.2 Å². The van der Waals surface area contributed by atoms with Gasteiger partial charge in [-0.25, -0.2) is 13.4 Å². The molecule has 8 heteroatoms. The Bertz CT molecular complexity index is 879. The summed E-state index contributed by atoms with van der Waals surface area (Å²) in [5.74, 6) is 0.105. The van der Waals surface area contributed by atoms with E-state index in [9.17, 15) is 13.2 Å². The molecule has 6 nitrogen and oxygen atoms in total. The maximum atomic E-state index is 13.2. The smallest absolute Gasteiger partial charge is 0.265 e. The molecule has 1 aliphatic heterocycles. The summed E-state index contributed by atoms with van der Waals surface area (Å²) in [6.45, 7) is 1.40. The quantitative estimate of drug-likeness (QED) is 0.705. The predicted molar refractivity (Wildman–Crippen MR) is 109 cm³/mol. The first-order valence-electron chi connectivity index (χ1n) is 9.03. The molecule has 0 saturated carbocycles. The number of sulfone groups is 1. The van der Waals surface area contributed by atoms with E-state index in [0.29, 0.717) is 17.8 Å². The van der Waals surface area contributed by atoms with Gasteiger partial charge in [0.05, 0.1) is 17.7 Å². The van der Waals surface area contributed by atoms with E-state index in [4.69, 9.17) is 0 Å². The molecular formula is C19H25N3O3S2. The zero-order valence-corrected chi connectivity index (χ0v) is 17.3. The van der Waals surface area contributed by atoms with Crippen LogP contribution in [0.4, 0.5) is 0 Å². The van der Waals surface area contributed by atoms with Crippen LogP contribution in [0.5, 0.6) is 0 Å². The number of carbonyl (C=O) groups is 1. The molecule has 0 aliphatic carbocycles. The summed E-state index contributed by atoms with van der Waals surface area (Å²) >= 11 is 1.36. The van der Waals surface area contributed by atoms with Gasteiger partial charge in [0.15, 0.2) is 9.84 Å². The molecule has 3 rings (SSSR count). The van der Waals surface area contributed by atoms with Gasteiger partial charge in [-0.3, -0.25) is 4.79 Å². The fraction of sp³-hybridized carbons (Fsp3) is 0.474. The molecule has 1 atom stereocenters. The van der Waals surface area contributed by atoms with Gasteiger partial charge in [0, 0.05) is 18.2 Å². The van der Waals surface area contributed by atoms with Gasteiger partial charge in [0.1, 0.15) is 9.88 Å². The van der Waals surface area contributed by atoms with Crippen LogP contribution in [0.25, 0.3) is 10.6 Å². The van der Waals surface area contributed by atoms with Crippen LogP contribution in [0.1, 0.15) is 22.5 Å². The van der Waals surface area contributed by atoms with Crippen LogP contribution in [-0.4, -0.2) is 73.8 Å². The molecule has 1 unspecified atom stereocenters. The minimum Gasteiger partial charge on any atom is -0.334 e. The van der Waals surface area contributed by atoms with Crippen molar-refractivity contribution in [2.45, 2.75) is 18.9 Å². The molecule has 27 heavy (non-hydrogen) atoms. The normalized spacial score (nSPS) is 18.7. The average Bonchev–Trinajstić information content (AvgIpc) is 3.25. The lowest BCUT2D eigenvalue weighted by atomic mass is 10.2. The topological polar surface area (TPSA) is 70.6 Å². The van der Waals surface area contributed by atoms with Gasteiger partial charge in [0.25, 0.3) is 5.91 Å². The van der Waals surface area contributed by atoms with Gasteiger partial charge in [-0.05, 0) is 33.5 Å².